The number of rotatable bonds is 2. The topological polar surface area (TPSA) is 13.1 Å². The predicted molar refractivity (Wildman–Crippen MR) is 102 cm³/mol. The van der Waals surface area contributed by atoms with Crippen LogP contribution >= 0.6 is 45.7 Å². The summed E-state index contributed by atoms with van der Waals surface area (Å²) in [6.45, 7) is 7.61. The smallest absolute Gasteiger partial charge is 0.0435 e. The van der Waals surface area contributed by atoms with Gasteiger partial charge in [0.15, 0.2) is 0 Å². The number of benzene rings is 1. The second-order valence-electron chi connectivity index (χ2n) is 5.64. The summed E-state index contributed by atoms with van der Waals surface area (Å²) in [4.78, 5) is 0. The molecule has 0 atom stereocenters. The molecule has 1 aromatic carbocycles. The molecule has 1 heterocycles. The van der Waals surface area contributed by atoms with E-state index in [-0.39, 0.29) is 5.54 Å². The summed E-state index contributed by atoms with van der Waals surface area (Å²) in [5.74, 6) is 0. The molecule has 2 aromatic rings. The van der Waals surface area contributed by atoms with Crippen LogP contribution in [0.1, 0.15) is 26.3 Å². The molecule has 0 aliphatic carbocycles. The zero-order valence-electron chi connectivity index (χ0n) is 12.7. The van der Waals surface area contributed by atoms with Gasteiger partial charge in [-0.25, -0.2) is 0 Å². The van der Waals surface area contributed by atoms with Crippen LogP contribution in [0.5, 0.6) is 0 Å². The molecule has 0 aliphatic heterocycles. The van der Waals surface area contributed by atoms with E-state index < -0.39 is 0 Å². The van der Waals surface area contributed by atoms with Gasteiger partial charge in [0.25, 0.3) is 0 Å². The molecule has 0 amide bonds. The second-order valence-corrected chi connectivity index (χ2v) is 10.8. The standard InChI is InChI=1S/C8H14N2.C7H7I2N.Pt/c1-8(2,3)10-6-5-9(4)7-10;8-10(9)6-7-4-2-1-3-5-7;/h5-6H,1-4H3;1-5H,6H2;. The van der Waals surface area contributed by atoms with E-state index in [0.29, 0.717) is 0 Å². The minimum Gasteiger partial charge on any atom is -0.184 e. The van der Waals surface area contributed by atoms with Crippen LogP contribution in [0.25, 0.3) is 0 Å². The van der Waals surface area contributed by atoms with Gasteiger partial charge in [0.05, 0.1) is 0 Å². The van der Waals surface area contributed by atoms with Crippen molar-refractivity contribution < 1.29 is 19.4 Å². The van der Waals surface area contributed by atoms with Gasteiger partial charge in [-0.05, 0) is 5.56 Å². The summed E-state index contributed by atoms with van der Waals surface area (Å²) < 4.78 is 7.74. The first-order valence-electron chi connectivity index (χ1n) is 6.54. The van der Waals surface area contributed by atoms with E-state index in [0.717, 1.165) is 6.54 Å². The molecule has 1 aromatic heterocycles. The fourth-order valence-corrected chi connectivity index (χ4v) is 3.54. The molecule has 0 radical (unpaired) electrons. The fraction of sp³-hybridized carbons (Fsp3) is 0.400. The average molecular weight is 692 g/mol. The third-order valence-corrected chi connectivity index (χ3v) is 4.79. The maximum atomic E-state index is 2.33. The molecule has 21 heavy (non-hydrogen) atoms. The van der Waals surface area contributed by atoms with Gasteiger partial charge in [-0.2, -0.15) is 1.33 Å². The summed E-state index contributed by atoms with van der Waals surface area (Å²) >= 11 is 6.87. The van der Waals surface area contributed by atoms with Gasteiger partial charge < -0.3 is 0 Å². The van der Waals surface area contributed by atoms with E-state index in [1.807, 2.05) is 6.07 Å². The summed E-state index contributed by atoms with van der Waals surface area (Å²) in [5.41, 5.74) is 1.55. The molecule has 0 bridgehead atoms. The molecule has 6 heteroatoms. The Labute approximate surface area is 166 Å². The normalized spacial score (nSPS) is 11.3. The van der Waals surface area contributed by atoms with Gasteiger partial charge in [-0.3, -0.25) is 0 Å². The molecular formula is C15H21I2N3Pt. The van der Waals surface area contributed by atoms with Crippen molar-refractivity contribution in [1.82, 2.24) is 10.5 Å². The summed E-state index contributed by atoms with van der Waals surface area (Å²) in [7, 11) is 2.06. The van der Waals surface area contributed by atoms with Gasteiger partial charge in [-0.15, -0.1) is 0 Å². The van der Waals surface area contributed by atoms with E-state index in [2.05, 4.69) is 140 Å². The number of halogens is 2. The zero-order chi connectivity index (χ0) is 16.0. The molecule has 120 valence electrons. The van der Waals surface area contributed by atoms with Crippen LogP contribution in [0.2, 0.25) is 0 Å². The molecule has 0 N–H and O–H groups in total. The number of aryl methyl sites for hydroxylation is 1. The van der Waals surface area contributed by atoms with E-state index in [1.165, 1.54) is 9.37 Å². The number of aromatic nitrogens is 2. The Kier molecular flexibility index (Phi) is 8.38. The first-order chi connectivity index (χ1) is 9.71. The van der Waals surface area contributed by atoms with Crippen molar-refractivity contribution in [2.75, 3.05) is 0 Å². The van der Waals surface area contributed by atoms with E-state index in [1.54, 1.807) is 0 Å². The van der Waals surface area contributed by atoms with Crippen molar-refractivity contribution in [2.45, 2.75) is 32.9 Å². The molecule has 3 nitrogen and oxygen atoms in total. The predicted octanol–water partition coefficient (Wildman–Crippen LogP) is 4.85. The second kappa shape index (κ2) is 8.99. The minimum atomic E-state index is 0.193. The maximum Gasteiger partial charge on any atom is 0.0435 e. The molecule has 0 saturated heterocycles. The SMILES string of the molecule is Cn1ccn(C(C)(C)C)[c]1=[Pt].IN(I)Cc1ccccc1. The number of imidazole rings is 1. The summed E-state index contributed by atoms with van der Waals surface area (Å²) in [6.07, 6.45) is 4.19. The van der Waals surface area contributed by atoms with Crippen LogP contribution in [0.15, 0.2) is 42.7 Å². The summed E-state index contributed by atoms with van der Waals surface area (Å²) in [6, 6.07) is 10.4. The first kappa shape index (κ1) is 19.6. The Morgan fingerprint density at radius 1 is 1.10 bits per heavy atom. The Balaban J connectivity index is 0.000000211. The van der Waals surface area contributed by atoms with Crippen LogP contribution in [0, 0.1) is 3.80 Å². The molecule has 2 rings (SSSR count). The van der Waals surface area contributed by atoms with Crippen molar-refractivity contribution in [3.8, 4) is 0 Å². The quantitative estimate of drug-likeness (QED) is 0.325. The Morgan fingerprint density at radius 3 is 2.00 bits per heavy atom. The van der Waals surface area contributed by atoms with Crippen molar-refractivity contribution in [3.05, 3.63) is 52.1 Å². The third kappa shape index (κ3) is 7.10. The van der Waals surface area contributed by atoms with Gasteiger partial charge in [0, 0.05) is 52.3 Å². The largest absolute Gasteiger partial charge is 0.184 e. The van der Waals surface area contributed by atoms with Crippen LogP contribution < -0.4 is 0 Å². The minimum absolute atomic E-state index is 0.193. The van der Waals surface area contributed by atoms with Crippen molar-refractivity contribution >= 4 is 45.7 Å². The van der Waals surface area contributed by atoms with E-state index in [9.17, 15) is 0 Å². The van der Waals surface area contributed by atoms with Crippen molar-refractivity contribution in [3.63, 3.8) is 0 Å². The van der Waals surface area contributed by atoms with E-state index >= 15 is 0 Å². The Morgan fingerprint density at radius 2 is 1.67 bits per heavy atom. The molecule has 0 aliphatic rings. The number of nitrogens with zero attached hydrogens (tertiary/aromatic N) is 3. The number of hydrogen-bond acceptors (Lipinski definition) is 1. The first-order valence-corrected chi connectivity index (χ1v) is 9.61. The fourth-order valence-electron chi connectivity index (χ4n) is 1.65. The van der Waals surface area contributed by atoms with Crippen LogP contribution in [0.3, 0.4) is 0 Å². The third-order valence-electron chi connectivity index (χ3n) is 2.76. The van der Waals surface area contributed by atoms with Crippen LogP contribution in [-0.2, 0) is 38.5 Å². The molecule has 0 spiro atoms. The molecule has 0 unspecified atom stereocenters. The molecule has 0 fully saturated rings. The van der Waals surface area contributed by atoms with Gasteiger partial charge in [0.1, 0.15) is 0 Å². The maximum absolute atomic E-state index is 2.33. The van der Waals surface area contributed by atoms with Gasteiger partial charge in [0.2, 0.25) is 0 Å². The molecule has 0 saturated carbocycles. The van der Waals surface area contributed by atoms with Crippen molar-refractivity contribution in [2.24, 2.45) is 7.05 Å². The zero-order valence-corrected chi connectivity index (χ0v) is 19.2. The average Bonchev–Trinajstić information content (AvgIpc) is 2.71. The Hall–Kier alpha value is 0.538. The Bertz CT molecular complexity index is 597. The van der Waals surface area contributed by atoms with Crippen LogP contribution in [0.4, 0.5) is 0 Å². The molecular weight excluding hydrogens is 671 g/mol. The summed E-state index contributed by atoms with van der Waals surface area (Å²) in [5, 5.41) is 0. The van der Waals surface area contributed by atoms with Gasteiger partial charge in [-0.1, -0.05) is 30.3 Å². The monoisotopic (exact) mass is 692 g/mol. The van der Waals surface area contributed by atoms with Gasteiger partial charge >= 0.3 is 78.0 Å². The number of hydrogen-bond donors (Lipinski definition) is 0. The van der Waals surface area contributed by atoms with Crippen molar-refractivity contribution in [1.29, 1.82) is 0 Å². The van der Waals surface area contributed by atoms with Crippen LogP contribution in [-0.4, -0.2) is 10.5 Å². The van der Waals surface area contributed by atoms with E-state index in [4.69, 9.17) is 0 Å².